The largest absolute Gasteiger partial charge is 0.491 e. The molecule has 0 bridgehead atoms. The average Bonchev–Trinajstić information content (AvgIpc) is 2.67. The van der Waals surface area contributed by atoms with Crippen molar-refractivity contribution < 1.29 is 14.2 Å². The third-order valence-corrected chi connectivity index (χ3v) is 4.76. The first-order chi connectivity index (χ1) is 12.8. The smallest absolute Gasteiger partial charge is 0.127 e. The number of aliphatic hydroxyl groups excluding tert-OH is 1. The minimum atomic E-state index is -0.127. The zero-order valence-corrected chi connectivity index (χ0v) is 15.0. The number of aliphatic hydroxyl groups is 1. The Balaban J connectivity index is 1.53. The number of nitrogens with zero attached hydrogens (tertiary/aromatic N) is 1. The van der Waals surface area contributed by atoms with Gasteiger partial charge in [0.15, 0.2) is 0 Å². The Morgan fingerprint density at radius 1 is 1.12 bits per heavy atom. The van der Waals surface area contributed by atoms with Crippen LogP contribution >= 0.6 is 0 Å². The summed E-state index contributed by atoms with van der Waals surface area (Å²) in [7, 11) is 0. The number of halogens is 1. The lowest BCUT2D eigenvalue weighted by molar-refractivity contribution is 0.179. The highest BCUT2D eigenvalue weighted by Gasteiger charge is 2.20. The lowest BCUT2D eigenvalue weighted by atomic mass is 10.0. The second-order valence-electron chi connectivity index (χ2n) is 6.73. The van der Waals surface area contributed by atoms with E-state index < -0.39 is 0 Å². The maximum absolute atomic E-state index is 13.9. The number of rotatable bonds is 8. The summed E-state index contributed by atoms with van der Waals surface area (Å²) in [5, 5.41) is 12.6. The van der Waals surface area contributed by atoms with Gasteiger partial charge in [0.05, 0.1) is 6.61 Å². The normalized spacial score (nSPS) is 18.0. The number of ether oxygens (including phenoxy) is 1. The van der Waals surface area contributed by atoms with Crippen LogP contribution in [0.1, 0.15) is 24.0 Å². The van der Waals surface area contributed by atoms with Crippen LogP contribution in [0.2, 0.25) is 0 Å². The van der Waals surface area contributed by atoms with Crippen LogP contribution in [0.25, 0.3) is 0 Å². The minimum Gasteiger partial charge on any atom is -0.491 e. The Labute approximate surface area is 154 Å². The molecule has 3 rings (SSSR count). The van der Waals surface area contributed by atoms with E-state index in [1.165, 1.54) is 6.07 Å². The van der Waals surface area contributed by atoms with E-state index in [4.69, 9.17) is 9.84 Å². The van der Waals surface area contributed by atoms with Gasteiger partial charge in [0.25, 0.3) is 0 Å². The van der Waals surface area contributed by atoms with Gasteiger partial charge in [0.2, 0.25) is 0 Å². The first-order valence-corrected chi connectivity index (χ1v) is 9.27. The van der Waals surface area contributed by atoms with Crippen LogP contribution in [0.3, 0.4) is 0 Å². The summed E-state index contributed by atoms with van der Waals surface area (Å²) in [6, 6.07) is 15.3. The topological polar surface area (TPSA) is 44.7 Å². The van der Waals surface area contributed by atoms with Crippen LogP contribution in [0.4, 0.5) is 4.39 Å². The third-order valence-electron chi connectivity index (χ3n) is 4.76. The summed E-state index contributed by atoms with van der Waals surface area (Å²) in [6.07, 6.45) is 2.22. The van der Waals surface area contributed by atoms with E-state index in [2.05, 4.69) is 10.2 Å². The van der Waals surface area contributed by atoms with Gasteiger partial charge in [-0.15, -0.1) is 0 Å². The predicted octanol–water partition coefficient (Wildman–Crippen LogP) is 2.95. The second kappa shape index (κ2) is 9.67. The Morgan fingerprint density at radius 3 is 2.69 bits per heavy atom. The summed E-state index contributed by atoms with van der Waals surface area (Å²) in [5.74, 6) is 0.686. The van der Waals surface area contributed by atoms with Crippen LogP contribution in [0, 0.1) is 5.82 Å². The first-order valence-electron chi connectivity index (χ1n) is 9.27. The van der Waals surface area contributed by atoms with E-state index in [1.54, 1.807) is 6.07 Å². The third kappa shape index (κ3) is 5.27. The molecular formula is C21H27FN2O2. The van der Waals surface area contributed by atoms with Crippen molar-refractivity contribution in [3.8, 4) is 5.75 Å². The number of piperidine rings is 1. The SMILES string of the molecule is OCCOc1ccccc1CNC1CCCN(Cc2ccccc2F)C1. The number of likely N-dealkylation sites (tertiary alicyclic amines) is 1. The molecule has 1 saturated heterocycles. The molecule has 1 atom stereocenters. The molecule has 140 valence electrons. The highest BCUT2D eigenvalue weighted by molar-refractivity contribution is 5.33. The standard InChI is InChI=1S/C21H27FN2O2/c22-20-9-3-1-7-18(20)15-24-11-5-8-19(16-24)23-14-17-6-2-4-10-21(17)26-13-12-25/h1-4,6-7,9-10,19,23,25H,5,8,11-16H2. The molecule has 2 N–H and O–H groups in total. The Bertz CT molecular complexity index is 695. The van der Waals surface area contributed by atoms with E-state index in [-0.39, 0.29) is 12.4 Å². The maximum atomic E-state index is 13.9. The summed E-state index contributed by atoms with van der Waals surface area (Å²) < 4.78 is 19.5. The molecule has 26 heavy (non-hydrogen) atoms. The quantitative estimate of drug-likeness (QED) is 0.762. The number of para-hydroxylation sites is 1. The van der Waals surface area contributed by atoms with Gasteiger partial charge in [-0.1, -0.05) is 36.4 Å². The van der Waals surface area contributed by atoms with Crippen LogP contribution in [-0.4, -0.2) is 42.4 Å². The van der Waals surface area contributed by atoms with Gasteiger partial charge >= 0.3 is 0 Å². The molecule has 0 aromatic heterocycles. The van der Waals surface area contributed by atoms with E-state index in [1.807, 2.05) is 36.4 Å². The van der Waals surface area contributed by atoms with Crippen molar-refractivity contribution >= 4 is 0 Å². The number of benzene rings is 2. The van der Waals surface area contributed by atoms with Crippen LogP contribution in [-0.2, 0) is 13.1 Å². The average molecular weight is 358 g/mol. The van der Waals surface area contributed by atoms with Gasteiger partial charge in [-0.05, 0) is 31.5 Å². The molecule has 2 aromatic rings. The van der Waals surface area contributed by atoms with E-state index in [9.17, 15) is 4.39 Å². The zero-order valence-electron chi connectivity index (χ0n) is 15.0. The molecule has 1 unspecified atom stereocenters. The Hall–Kier alpha value is -1.95. The number of hydrogen-bond donors (Lipinski definition) is 2. The Kier molecular flexibility index (Phi) is 7.00. The zero-order chi connectivity index (χ0) is 18.2. The van der Waals surface area contributed by atoms with Crippen molar-refractivity contribution in [2.45, 2.75) is 32.0 Å². The molecule has 4 nitrogen and oxygen atoms in total. The summed E-state index contributed by atoms with van der Waals surface area (Å²) in [4.78, 5) is 2.31. The summed E-state index contributed by atoms with van der Waals surface area (Å²) >= 11 is 0. The Morgan fingerprint density at radius 2 is 1.88 bits per heavy atom. The lowest BCUT2D eigenvalue weighted by Crippen LogP contribution is -2.45. The highest BCUT2D eigenvalue weighted by Crippen LogP contribution is 2.20. The van der Waals surface area contributed by atoms with E-state index in [0.29, 0.717) is 19.2 Å². The molecule has 2 aromatic carbocycles. The minimum absolute atomic E-state index is 0.00932. The summed E-state index contributed by atoms with van der Waals surface area (Å²) in [5.41, 5.74) is 1.85. The molecule has 1 fully saturated rings. The predicted molar refractivity (Wildman–Crippen MR) is 101 cm³/mol. The van der Waals surface area contributed by atoms with Gasteiger partial charge in [-0.2, -0.15) is 0 Å². The molecule has 0 amide bonds. The van der Waals surface area contributed by atoms with Gasteiger partial charge in [-0.3, -0.25) is 4.90 Å². The fourth-order valence-electron chi connectivity index (χ4n) is 3.43. The van der Waals surface area contributed by atoms with Crippen LogP contribution in [0.15, 0.2) is 48.5 Å². The number of nitrogens with one attached hydrogen (secondary N) is 1. The molecule has 1 aliphatic heterocycles. The molecule has 0 radical (unpaired) electrons. The van der Waals surface area contributed by atoms with Crippen molar-refractivity contribution in [1.29, 1.82) is 0 Å². The van der Waals surface area contributed by atoms with Crippen molar-refractivity contribution in [2.24, 2.45) is 0 Å². The molecule has 0 spiro atoms. The van der Waals surface area contributed by atoms with Crippen molar-refractivity contribution in [1.82, 2.24) is 10.2 Å². The van der Waals surface area contributed by atoms with Crippen LogP contribution < -0.4 is 10.1 Å². The van der Waals surface area contributed by atoms with Gasteiger partial charge in [-0.25, -0.2) is 4.39 Å². The fraction of sp³-hybridized carbons (Fsp3) is 0.429. The van der Waals surface area contributed by atoms with Crippen LogP contribution in [0.5, 0.6) is 5.75 Å². The second-order valence-corrected chi connectivity index (χ2v) is 6.73. The molecular weight excluding hydrogens is 331 g/mol. The van der Waals surface area contributed by atoms with Gasteiger partial charge in [0, 0.05) is 36.8 Å². The first kappa shape index (κ1) is 18.8. The molecule has 0 aliphatic carbocycles. The van der Waals surface area contributed by atoms with E-state index >= 15 is 0 Å². The molecule has 1 aliphatic rings. The van der Waals surface area contributed by atoms with Gasteiger partial charge in [0.1, 0.15) is 18.2 Å². The molecule has 1 heterocycles. The van der Waals surface area contributed by atoms with Crippen molar-refractivity contribution in [2.75, 3.05) is 26.3 Å². The van der Waals surface area contributed by atoms with Crippen molar-refractivity contribution in [3.63, 3.8) is 0 Å². The van der Waals surface area contributed by atoms with Crippen molar-refractivity contribution in [3.05, 3.63) is 65.5 Å². The highest BCUT2D eigenvalue weighted by atomic mass is 19.1. The monoisotopic (exact) mass is 358 g/mol. The van der Waals surface area contributed by atoms with Gasteiger partial charge < -0.3 is 15.2 Å². The fourth-order valence-corrected chi connectivity index (χ4v) is 3.43. The number of hydrogen-bond acceptors (Lipinski definition) is 4. The van der Waals surface area contributed by atoms with E-state index in [0.717, 1.165) is 49.4 Å². The summed E-state index contributed by atoms with van der Waals surface area (Å²) in [6.45, 7) is 3.60. The maximum Gasteiger partial charge on any atom is 0.127 e. The molecule has 5 heteroatoms. The molecule has 0 saturated carbocycles. The lowest BCUT2D eigenvalue weighted by Gasteiger charge is -2.33.